The third-order valence-electron chi connectivity index (χ3n) is 4.33. The average molecular weight is 409 g/mol. The van der Waals surface area contributed by atoms with Gasteiger partial charge < -0.3 is 14.2 Å². The third-order valence-corrected chi connectivity index (χ3v) is 5.29. The lowest BCUT2D eigenvalue weighted by Gasteiger charge is -2.06. The van der Waals surface area contributed by atoms with Gasteiger partial charge in [0.25, 0.3) is 5.56 Å². The van der Waals surface area contributed by atoms with E-state index in [1.807, 2.05) is 37.3 Å². The fraction of sp³-hybridized carbons (Fsp3) is 0.190. The number of hydrogen-bond donors (Lipinski definition) is 0. The van der Waals surface area contributed by atoms with E-state index in [1.165, 1.54) is 15.9 Å². The molecule has 8 heteroatoms. The van der Waals surface area contributed by atoms with Crippen molar-refractivity contribution in [1.82, 2.24) is 14.6 Å². The van der Waals surface area contributed by atoms with Crippen molar-refractivity contribution >= 4 is 22.4 Å². The van der Waals surface area contributed by atoms with Gasteiger partial charge in [0.05, 0.1) is 25.4 Å². The molecule has 0 unspecified atom stereocenters. The fourth-order valence-corrected chi connectivity index (χ4v) is 3.82. The standard InChI is InChI=1S/C21H19N3O4S/c1-4-28-15-7-5-13(6-8-15)19-22-21-24(23-19)20(25)18(29-21)12-14-11-16(26-2)9-10-17(14)27-3/h5-12H,4H2,1-3H3. The summed E-state index contributed by atoms with van der Waals surface area (Å²) in [6.07, 6.45) is 1.77. The van der Waals surface area contributed by atoms with Crippen LogP contribution in [0.25, 0.3) is 22.4 Å². The molecule has 0 amide bonds. The van der Waals surface area contributed by atoms with Crippen molar-refractivity contribution in [2.24, 2.45) is 0 Å². The Hall–Kier alpha value is -3.39. The molecule has 29 heavy (non-hydrogen) atoms. The van der Waals surface area contributed by atoms with Crippen LogP contribution in [0.15, 0.2) is 47.3 Å². The van der Waals surface area contributed by atoms with E-state index in [4.69, 9.17) is 14.2 Å². The molecule has 0 aliphatic carbocycles. The number of ether oxygens (including phenoxy) is 3. The molecule has 0 spiro atoms. The van der Waals surface area contributed by atoms with E-state index in [0.29, 0.717) is 33.4 Å². The molecule has 0 atom stereocenters. The summed E-state index contributed by atoms with van der Waals surface area (Å²) in [5.41, 5.74) is 1.35. The Kier molecular flexibility index (Phi) is 5.18. The zero-order valence-electron chi connectivity index (χ0n) is 16.2. The monoisotopic (exact) mass is 409 g/mol. The lowest BCUT2D eigenvalue weighted by Crippen LogP contribution is -2.23. The second-order valence-electron chi connectivity index (χ2n) is 6.11. The molecule has 4 rings (SSSR count). The number of fused-ring (bicyclic) bond motifs is 1. The van der Waals surface area contributed by atoms with Gasteiger partial charge in [-0.1, -0.05) is 11.3 Å². The van der Waals surface area contributed by atoms with Crippen molar-refractivity contribution in [3.05, 3.63) is 62.9 Å². The summed E-state index contributed by atoms with van der Waals surface area (Å²) >= 11 is 1.28. The van der Waals surface area contributed by atoms with Crippen LogP contribution in [0, 0.1) is 0 Å². The van der Waals surface area contributed by atoms with Gasteiger partial charge in [0, 0.05) is 11.1 Å². The number of thiazole rings is 1. The lowest BCUT2D eigenvalue weighted by atomic mass is 10.2. The van der Waals surface area contributed by atoms with E-state index in [0.717, 1.165) is 16.9 Å². The van der Waals surface area contributed by atoms with Crippen LogP contribution in [0.5, 0.6) is 17.2 Å². The SMILES string of the molecule is CCOc1ccc(-c2nc3sc(=Cc4cc(OC)ccc4OC)c(=O)n3n2)cc1. The summed E-state index contributed by atoms with van der Waals surface area (Å²) < 4.78 is 17.9. The first-order valence-corrected chi connectivity index (χ1v) is 9.81. The highest BCUT2D eigenvalue weighted by molar-refractivity contribution is 7.15. The first-order valence-electron chi connectivity index (χ1n) is 8.99. The Balaban J connectivity index is 1.74. The molecule has 7 nitrogen and oxygen atoms in total. The van der Waals surface area contributed by atoms with Gasteiger partial charge in [0.1, 0.15) is 17.2 Å². The largest absolute Gasteiger partial charge is 0.497 e. The van der Waals surface area contributed by atoms with Gasteiger partial charge in [-0.3, -0.25) is 4.79 Å². The smallest absolute Gasteiger partial charge is 0.291 e. The van der Waals surface area contributed by atoms with Crippen molar-refractivity contribution in [3.8, 4) is 28.6 Å². The molecule has 2 aromatic carbocycles. The van der Waals surface area contributed by atoms with Gasteiger partial charge in [-0.25, -0.2) is 0 Å². The molecule has 0 radical (unpaired) electrons. The van der Waals surface area contributed by atoms with Crippen molar-refractivity contribution in [3.63, 3.8) is 0 Å². The van der Waals surface area contributed by atoms with Crippen LogP contribution in [0.4, 0.5) is 0 Å². The fourth-order valence-electron chi connectivity index (χ4n) is 2.92. The van der Waals surface area contributed by atoms with Crippen molar-refractivity contribution in [2.45, 2.75) is 6.92 Å². The quantitative estimate of drug-likeness (QED) is 0.488. The molecular weight excluding hydrogens is 390 g/mol. The van der Waals surface area contributed by atoms with Gasteiger partial charge in [0.15, 0.2) is 5.82 Å². The Morgan fingerprint density at radius 2 is 1.83 bits per heavy atom. The molecule has 0 aliphatic heterocycles. The first-order chi connectivity index (χ1) is 14.1. The molecule has 2 aromatic heterocycles. The zero-order valence-corrected chi connectivity index (χ0v) is 17.0. The van der Waals surface area contributed by atoms with Crippen LogP contribution in [0.1, 0.15) is 12.5 Å². The van der Waals surface area contributed by atoms with E-state index >= 15 is 0 Å². The van der Waals surface area contributed by atoms with Gasteiger partial charge in [-0.05, 0) is 55.5 Å². The molecule has 4 aromatic rings. The minimum Gasteiger partial charge on any atom is -0.497 e. The van der Waals surface area contributed by atoms with Crippen LogP contribution >= 0.6 is 11.3 Å². The van der Waals surface area contributed by atoms with Gasteiger partial charge >= 0.3 is 0 Å². The van der Waals surface area contributed by atoms with Gasteiger partial charge in [0.2, 0.25) is 4.96 Å². The summed E-state index contributed by atoms with van der Waals surface area (Å²) in [5.74, 6) is 2.62. The molecule has 0 saturated carbocycles. The molecule has 0 saturated heterocycles. The molecule has 0 bridgehead atoms. The van der Waals surface area contributed by atoms with E-state index < -0.39 is 0 Å². The average Bonchev–Trinajstić information content (AvgIpc) is 3.28. The molecule has 0 fully saturated rings. The zero-order chi connectivity index (χ0) is 20.4. The number of benzene rings is 2. The maximum atomic E-state index is 12.8. The number of rotatable bonds is 6. The molecule has 0 N–H and O–H groups in total. The van der Waals surface area contributed by atoms with Gasteiger partial charge in [-0.15, -0.1) is 5.10 Å². The summed E-state index contributed by atoms with van der Waals surface area (Å²) in [4.78, 5) is 17.9. The predicted octanol–water partition coefficient (Wildman–Crippen LogP) is 2.78. The topological polar surface area (TPSA) is 75.0 Å². The van der Waals surface area contributed by atoms with Gasteiger partial charge in [-0.2, -0.15) is 9.50 Å². The minimum absolute atomic E-state index is 0.223. The Bertz CT molecular complexity index is 1260. The lowest BCUT2D eigenvalue weighted by molar-refractivity contribution is 0.340. The van der Waals surface area contributed by atoms with Crippen molar-refractivity contribution < 1.29 is 14.2 Å². The van der Waals surface area contributed by atoms with E-state index in [-0.39, 0.29) is 5.56 Å². The highest BCUT2D eigenvalue weighted by Crippen LogP contribution is 2.25. The van der Waals surface area contributed by atoms with Crippen molar-refractivity contribution in [2.75, 3.05) is 20.8 Å². The van der Waals surface area contributed by atoms with Crippen molar-refractivity contribution in [1.29, 1.82) is 0 Å². The first kappa shape index (κ1) is 18.9. The second kappa shape index (κ2) is 7.92. The Labute approximate surface area is 170 Å². The third kappa shape index (κ3) is 3.66. The van der Waals surface area contributed by atoms with E-state index in [1.54, 1.807) is 32.4 Å². The normalized spacial score (nSPS) is 11.8. The summed E-state index contributed by atoms with van der Waals surface area (Å²) in [6, 6.07) is 12.9. The van der Waals surface area contributed by atoms with Crippen LogP contribution in [0.2, 0.25) is 0 Å². The highest BCUT2D eigenvalue weighted by Gasteiger charge is 2.13. The number of hydrogen-bond acceptors (Lipinski definition) is 7. The highest BCUT2D eigenvalue weighted by atomic mass is 32.1. The van der Waals surface area contributed by atoms with E-state index in [2.05, 4.69) is 10.1 Å². The summed E-state index contributed by atoms with van der Waals surface area (Å²) in [7, 11) is 3.18. The van der Waals surface area contributed by atoms with Crippen LogP contribution in [0.3, 0.4) is 0 Å². The maximum absolute atomic E-state index is 12.8. The number of aromatic nitrogens is 3. The predicted molar refractivity (Wildman–Crippen MR) is 112 cm³/mol. The molecular formula is C21H19N3O4S. The molecule has 2 heterocycles. The van der Waals surface area contributed by atoms with E-state index in [9.17, 15) is 4.79 Å². The summed E-state index contributed by atoms with van der Waals surface area (Å²) in [5, 5.41) is 4.38. The number of methoxy groups -OCH3 is 2. The summed E-state index contributed by atoms with van der Waals surface area (Å²) in [6.45, 7) is 2.54. The minimum atomic E-state index is -0.223. The second-order valence-corrected chi connectivity index (χ2v) is 7.12. The maximum Gasteiger partial charge on any atom is 0.291 e. The van der Waals surface area contributed by atoms with Crippen LogP contribution in [-0.4, -0.2) is 35.4 Å². The Morgan fingerprint density at radius 1 is 1.07 bits per heavy atom. The van der Waals surface area contributed by atoms with Crippen LogP contribution in [-0.2, 0) is 0 Å². The molecule has 148 valence electrons. The molecule has 0 aliphatic rings. The Morgan fingerprint density at radius 3 is 2.48 bits per heavy atom. The number of nitrogens with zero attached hydrogens (tertiary/aromatic N) is 3. The van der Waals surface area contributed by atoms with Crippen LogP contribution < -0.4 is 24.3 Å².